The van der Waals surface area contributed by atoms with Gasteiger partial charge in [-0.05, 0) is 43.4 Å². The zero-order valence-electron chi connectivity index (χ0n) is 17.0. The van der Waals surface area contributed by atoms with Gasteiger partial charge in [-0.15, -0.1) is 0 Å². The summed E-state index contributed by atoms with van der Waals surface area (Å²) in [6.45, 7) is 12.0. The third-order valence-corrected chi connectivity index (χ3v) is 9.98. The second kappa shape index (κ2) is 15.9. The van der Waals surface area contributed by atoms with E-state index in [4.69, 9.17) is 20.9 Å². The smallest absolute Gasteiger partial charge is 0.247 e. The number of aliphatic hydroxyl groups is 1. The molecule has 3 atom stereocenters. The molecule has 1 N–H and O–H groups in total. The molecule has 0 amide bonds. The molecular weight excluding hydrogens is 371 g/mol. The fourth-order valence-corrected chi connectivity index (χ4v) is 6.83. The summed E-state index contributed by atoms with van der Waals surface area (Å²) in [4.78, 5) is 0. The van der Waals surface area contributed by atoms with Crippen LogP contribution in [0.15, 0.2) is 0 Å². The molecule has 6 heteroatoms. The first-order valence-corrected chi connectivity index (χ1v) is 14.3. The highest BCUT2D eigenvalue weighted by Gasteiger charge is 2.24. The van der Waals surface area contributed by atoms with Gasteiger partial charge in [0.15, 0.2) is 0 Å². The molecule has 0 aromatic carbocycles. The second-order valence-corrected chi connectivity index (χ2v) is 13.4. The maximum atomic E-state index is 9.63. The second-order valence-electron chi connectivity index (χ2n) is 7.02. The minimum Gasteiger partial charge on any atom is -0.393 e. The van der Waals surface area contributed by atoms with E-state index in [0.717, 1.165) is 12.8 Å². The first kappa shape index (κ1) is 25.9. The van der Waals surface area contributed by atoms with Crippen molar-refractivity contribution in [2.75, 3.05) is 19.0 Å². The van der Waals surface area contributed by atoms with E-state index in [9.17, 15) is 5.11 Å². The monoisotopic (exact) mass is 412 g/mol. The number of unbranched alkanes of at least 4 members (excludes halogenated alkanes) is 2. The van der Waals surface area contributed by atoms with Gasteiger partial charge in [0.05, 0.1) is 19.3 Å². The minimum atomic E-state index is -2.38. The Morgan fingerprint density at radius 2 is 1.36 bits per heavy atom. The summed E-state index contributed by atoms with van der Waals surface area (Å²) in [7, 11) is 0. The van der Waals surface area contributed by atoms with Crippen molar-refractivity contribution < 1.29 is 14.2 Å². The highest BCUT2D eigenvalue weighted by Crippen LogP contribution is 2.61. The van der Waals surface area contributed by atoms with E-state index in [1.165, 1.54) is 49.9 Å². The third-order valence-electron chi connectivity index (χ3n) is 4.50. The molecule has 0 aromatic rings. The predicted octanol–water partition coefficient (Wildman–Crippen LogP) is 6.79. The fraction of sp³-hybridized carbons (Fsp3) is 1.00. The van der Waals surface area contributed by atoms with Crippen molar-refractivity contribution in [1.82, 2.24) is 0 Å². The zero-order valence-corrected chi connectivity index (χ0v) is 19.6. The first-order valence-electron chi connectivity index (χ1n) is 10.1. The van der Waals surface area contributed by atoms with Crippen LogP contribution < -0.4 is 0 Å². The van der Waals surface area contributed by atoms with Gasteiger partial charge in [-0.25, -0.2) is 0 Å². The lowest BCUT2D eigenvalue weighted by molar-refractivity contribution is 0.188. The van der Waals surface area contributed by atoms with Crippen LogP contribution in [0, 0.1) is 11.8 Å². The van der Waals surface area contributed by atoms with E-state index in [1.807, 2.05) is 0 Å². The van der Waals surface area contributed by atoms with E-state index in [0.29, 0.717) is 30.8 Å². The summed E-state index contributed by atoms with van der Waals surface area (Å²) < 4.78 is 12.4. The Balaban J connectivity index is 4.66. The fourth-order valence-electron chi connectivity index (χ4n) is 2.50. The number of hydrogen-bond donors (Lipinski definition) is 1. The van der Waals surface area contributed by atoms with Crippen LogP contribution in [0.5, 0.6) is 0 Å². The van der Waals surface area contributed by atoms with Crippen LogP contribution >= 0.6 is 17.1 Å². The molecule has 0 fully saturated rings. The molecule has 0 aliphatic heterocycles. The average Bonchev–Trinajstić information content (AvgIpc) is 2.60. The minimum absolute atomic E-state index is 0.386. The topological polar surface area (TPSA) is 38.7 Å². The van der Waals surface area contributed by atoms with E-state index in [-0.39, 0.29) is 6.10 Å². The summed E-state index contributed by atoms with van der Waals surface area (Å²) >= 11 is 7.31. The number of hydrogen-bond acceptors (Lipinski definition) is 5. The van der Waals surface area contributed by atoms with Crippen molar-refractivity contribution in [3.8, 4) is 0 Å². The molecule has 0 aliphatic carbocycles. The molecule has 0 saturated carbocycles. The lowest BCUT2D eigenvalue weighted by Gasteiger charge is -2.26. The Morgan fingerprint density at radius 3 is 1.68 bits per heavy atom. The predicted molar refractivity (Wildman–Crippen MR) is 117 cm³/mol. The molecule has 0 aromatic heterocycles. The Morgan fingerprint density at radius 1 is 0.920 bits per heavy atom. The van der Waals surface area contributed by atoms with Crippen molar-refractivity contribution in [1.29, 1.82) is 0 Å². The van der Waals surface area contributed by atoms with Crippen LogP contribution in [-0.2, 0) is 20.9 Å². The van der Waals surface area contributed by atoms with E-state index in [2.05, 4.69) is 27.7 Å². The maximum Gasteiger partial charge on any atom is 0.247 e. The molecular formula is C19H41O3PS2. The standard InChI is InChI=1S/C19H41O3PS2/c1-6-10-12-18(8-3)14-21-23(24,25-16-17(5)20)22-15-19(9-4)13-11-7-2/h17-20H,6-16H2,1-5H3/t17-,18?,19?,23?/m0/s1. The molecule has 0 rings (SSSR count). The Labute approximate surface area is 165 Å². The quantitative estimate of drug-likeness (QED) is 0.266. The highest BCUT2D eigenvalue weighted by molar-refractivity contribution is 8.67. The van der Waals surface area contributed by atoms with Crippen molar-refractivity contribution >= 4 is 28.9 Å². The van der Waals surface area contributed by atoms with Gasteiger partial charge in [-0.2, -0.15) is 0 Å². The van der Waals surface area contributed by atoms with Gasteiger partial charge >= 0.3 is 0 Å². The first-order chi connectivity index (χ1) is 11.9. The third kappa shape index (κ3) is 13.7. The van der Waals surface area contributed by atoms with Crippen LogP contribution in [-0.4, -0.2) is 30.2 Å². The van der Waals surface area contributed by atoms with Crippen molar-refractivity contribution in [3.63, 3.8) is 0 Å². The summed E-state index contributed by atoms with van der Waals surface area (Å²) in [5.74, 6) is 1.69. The Bertz CT molecular complexity index is 330. The summed E-state index contributed by atoms with van der Waals surface area (Å²) in [6, 6.07) is 0. The van der Waals surface area contributed by atoms with Crippen LogP contribution in [0.4, 0.5) is 0 Å². The molecule has 25 heavy (non-hydrogen) atoms. The molecule has 3 nitrogen and oxygen atoms in total. The zero-order chi connectivity index (χ0) is 19.1. The van der Waals surface area contributed by atoms with Gasteiger partial charge in [0.25, 0.3) is 0 Å². The van der Waals surface area contributed by atoms with Crippen LogP contribution in [0.1, 0.15) is 86.0 Å². The van der Waals surface area contributed by atoms with Crippen LogP contribution in [0.3, 0.4) is 0 Å². The average molecular weight is 413 g/mol. The molecule has 2 unspecified atom stereocenters. The summed E-state index contributed by atoms with van der Waals surface area (Å²) in [5.41, 5.74) is -2.38. The van der Waals surface area contributed by atoms with Crippen LogP contribution in [0.25, 0.3) is 0 Å². The molecule has 0 saturated heterocycles. The Hall–Kier alpha value is 0.880. The molecule has 0 aliphatic rings. The SMILES string of the molecule is CCCCC(CC)COP(=S)(OCC(CC)CCCC)SC[C@H](C)O. The van der Waals surface area contributed by atoms with E-state index in [1.54, 1.807) is 6.92 Å². The maximum absolute atomic E-state index is 9.63. The van der Waals surface area contributed by atoms with Gasteiger partial charge in [0.2, 0.25) is 5.69 Å². The largest absolute Gasteiger partial charge is 0.393 e. The summed E-state index contributed by atoms with van der Waals surface area (Å²) in [6.07, 6.45) is 9.14. The van der Waals surface area contributed by atoms with Gasteiger partial charge < -0.3 is 14.2 Å². The van der Waals surface area contributed by atoms with E-state index < -0.39 is 5.69 Å². The van der Waals surface area contributed by atoms with E-state index >= 15 is 0 Å². The molecule has 0 spiro atoms. The lowest BCUT2D eigenvalue weighted by atomic mass is 10.0. The highest BCUT2D eigenvalue weighted by atomic mass is 32.9. The molecule has 152 valence electrons. The van der Waals surface area contributed by atoms with Crippen LogP contribution in [0.2, 0.25) is 0 Å². The Kier molecular flexibility index (Phi) is 16.5. The molecule has 0 heterocycles. The van der Waals surface area contributed by atoms with Crippen molar-refractivity contribution in [3.05, 3.63) is 0 Å². The lowest BCUT2D eigenvalue weighted by Crippen LogP contribution is -2.12. The van der Waals surface area contributed by atoms with Gasteiger partial charge in [-0.1, -0.05) is 77.6 Å². The van der Waals surface area contributed by atoms with Crippen molar-refractivity contribution in [2.45, 2.75) is 92.1 Å². The number of aliphatic hydroxyl groups excluding tert-OH is 1. The normalized spacial score (nSPS) is 17.8. The molecule has 0 radical (unpaired) electrons. The van der Waals surface area contributed by atoms with Gasteiger partial charge in [0, 0.05) is 5.75 Å². The molecule has 0 bridgehead atoms. The summed E-state index contributed by atoms with van der Waals surface area (Å²) in [5, 5.41) is 9.63. The van der Waals surface area contributed by atoms with Gasteiger partial charge in [0.1, 0.15) is 0 Å². The van der Waals surface area contributed by atoms with Crippen molar-refractivity contribution in [2.24, 2.45) is 11.8 Å². The number of rotatable bonds is 17. The van der Waals surface area contributed by atoms with Gasteiger partial charge in [-0.3, -0.25) is 0 Å².